The molecule has 0 aliphatic carbocycles. The van der Waals surface area contributed by atoms with Gasteiger partial charge in [0, 0.05) is 6.54 Å². The van der Waals surface area contributed by atoms with Crippen LogP contribution in [-0.4, -0.2) is 18.8 Å². The Bertz CT molecular complexity index is 903. The highest BCUT2D eigenvalue weighted by atomic mass is 19.4. The maximum atomic E-state index is 13.4. The van der Waals surface area contributed by atoms with E-state index in [1.54, 1.807) is 0 Å². The predicted molar refractivity (Wildman–Crippen MR) is 80.8 cm³/mol. The van der Waals surface area contributed by atoms with Crippen LogP contribution in [0.4, 0.5) is 65.9 Å². The number of hydrogen-bond acceptors (Lipinski definition) is 1. The Morgan fingerprint density at radius 3 is 0.939 bits per heavy atom. The van der Waals surface area contributed by atoms with Crippen molar-refractivity contribution in [3.63, 3.8) is 0 Å². The average Bonchev–Trinajstić information content (AvgIpc) is 2.74. The molecule has 0 aliphatic heterocycles. The van der Waals surface area contributed by atoms with Crippen LogP contribution in [0, 0.1) is 58.2 Å². The summed E-state index contributed by atoms with van der Waals surface area (Å²) < 4.78 is 189. The van der Waals surface area contributed by atoms with Crippen LogP contribution in [0.25, 0.3) is 11.1 Å². The van der Waals surface area contributed by atoms with Gasteiger partial charge >= 0.3 is 12.2 Å². The largest absolute Gasteiger partial charge is 0.469 e. The zero-order chi connectivity index (χ0) is 26.0. The van der Waals surface area contributed by atoms with E-state index in [1.165, 1.54) is 6.92 Å². The summed E-state index contributed by atoms with van der Waals surface area (Å²) in [7, 11) is 0. The molecule has 1 nitrogen and oxygen atoms in total. The molecular formula is C17H8F15N. The van der Waals surface area contributed by atoms with Crippen LogP contribution in [0.3, 0.4) is 0 Å². The maximum absolute atomic E-state index is 13.4. The molecule has 186 valence electrons. The minimum atomic E-state index is -5.50. The van der Waals surface area contributed by atoms with Crippen LogP contribution in [0.1, 0.15) is 13.3 Å². The van der Waals surface area contributed by atoms with Crippen molar-refractivity contribution in [1.82, 2.24) is 5.32 Å². The molecule has 2 aromatic carbocycles. The third kappa shape index (κ3) is 5.47. The second-order valence-electron chi connectivity index (χ2n) is 5.89. The summed E-state index contributed by atoms with van der Waals surface area (Å²) in [4.78, 5) is 0. The predicted octanol–water partition coefficient (Wildman–Crippen LogP) is 6.89. The first-order valence-electron chi connectivity index (χ1n) is 8.15. The van der Waals surface area contributed by atoms with Gasteiger partial charge in [0.1, 0.15) is 0 Å². The van der Waals surface area contributed by atoms with Gasteiger partial charge in [0.15, 0.2) is 46.5 Å². The molecule has 0 amide bonds. The van der Waals surface area contributed by atoms with E-state index >= 15 is 0 Å². The summed E-state index contributed by atoms with van der Waals surface area (Å²) in [6.07, 6.45) is -5.27. The molecule has 33 heavy (non-hydrogen) atoms. The monoisotopic (exact) mass is 511 g/mol. The van der Waals surface area contributed by atoms with Crippen molar-refractivity contribution in [2.24, 2.45) is 0 Å². The van der Waals surface area contributed by atoms with Crippen molar-refractivity contribution in [3.05, 3.63) is 58.2 Å². The Hall–Kier alpha value is -2.65. The molecule has 0 aliphatic rings. The number of benzene rings is 2. The SMILES string of the molecule is CCCNC(F)(F)C(F)(F)F.Fc1c(F)c(F)c(-c2c(F)c(F)c(F)c(F)c2F)c(F)c1F. The van der Waals surface area contributed by atoms with Gasteiger partial charge in [0.05, 0.1) is 11.1 Å². The molecular weight excluding hydrogens is 503 g/mol. The molecule has 16 heteroatoms. The van der Waals surface area contributed by atoms with Gasteiger partial charge in [-0.05, 0) is 6.42 Å². The van der Waals surface area contributed by atoms with Gasteiger partial charge < -0.3 is 0 Å². The lowest BCUT2D eigenvalue weighted by Gasteiger charge is -2.19. The van der Waals surface area contributed by atoms with Crippen LogP contribution < -0.4 is 5.32 Å². The molecule has 0 saturated carbocycles. The summed E-state index contributed by atoms with van der Waals surface area (Å²) >= 11 is 0. The van der Waals surface area contributed by atoms with Crippen molar-refractivity contribution in [1.29, 1.82) is 0 Å². The fraction of sp³-hybridized carbons (Fsp3) is 0.294. The number of halogens is 15. The molecule has 0 spiro atoms. The minimum Gasteiger partial charge on any atom is -0.250 e. The second-order valence-corrected chi connectivity index (χ2v) is 5.89. The summed E-state index contributed by atoms with van der Waals surface area (Å²) in [5, 5.41) is 1.09. The molecule has 0 saturated heterocycles. The van der Waals surface area contributed by atoms with Gasteiger partial charge in [0.25, 0.3) is 0 Å². The van der Waals surface area contributed by atoms with Crippen LogP contribution in [-0.2, 0) is 0 Å². The Morgan fingerprint density at radius 2 is 0.727 bits per heavy atom. The summed E-state index contributed by atoms with van der Waals surface area (Å²) in [5.74, 6) is -26.6. The van der Waals surface area contributed by atoms with E-state index in [0.717, 1.165) is 5.32 Å². The lowest BCUT2D eigenvalue weighted by Crippen LogP contribution is -2.49. The van der Waals surface area contributed by atoms with Gasteiger partial charge in [-0.15, -0.1) is 0 Å². The number of alkyl halides is 5. The fourth-order valence-corrected chi connectivity index (χ4v) is 2.03. The molecule has 2 aromatic rings. The van der Waals surface area contributed by atoms with Crippen LogP contribution in [0.15, 0.2) is 0 Å². The third-order valence-corrected chi connectivity index (χ3v) is 3.62. The van der Waals surface area contributed by atoms with Gasteiger partial charge in [-0.25, -0.2) is 43.9 Å². The molecule has 0 bridgehead atoms. The van der Waals surface area contributed by atoms with Crippen molar-refractivity contribution in [2.75, 3.05) is 6.54 Å². The molecule has 0 radical (unpaired) electrons. The molecule has 1 N–H and O–H groups in total. The molecule has 0 aromatic heterocycles. The van der Waals surface area contributed by atoms with Gasteiger partial charge in [0.2, 0.25) is 11.6 Å². The molecule has 0 heterocycles. The minimum absolute atomic E-state index is 0.228. The smallest absolute Gasteiger partial charge is 0.250 e. The first kappa shape index (κ1) is 28.4. The zero-order valence-corrected chi connectivity index (χ0v) is 15.6. The number of hydrogen-bond donors (Lipinski definition) is 1. The van der Waals surface area contributed by atoms with E-state index in [-0.39, 0.29) is 13.0 Å². The number of nitrogens with one attached hydrogen (secondary N) is 1. The quantitative estimate of drug-likeness (QED) is 0.204. The third-order valence-electron chi connectivity index (χ3n) is 3.62. The Kier molecular flexibility index (Phi) is 8.68. The van der Waals surface area contributed by atoms with Crippen molar-refractivity contribution in [3.8, 4) is 11.1 Å². The Labute approximate surface area is 173 Å². The summed E-state index contributed by atoms with van der Waals surface area (Å²) in [5.41, 5.74) is -4.52. The standard InChI is InChI=1S/C12F10.C5H8F5N/c13-3-1(4(14)8(18)11(21)7(3)17)2-5(15)9(19)12(22)10(20)6(2)16;1-2-3-11-5(9,10)4(6,7)8/h;11H,2-3H2,1H3. The van der Waals surface area contributed by atoms with E-state index in [9.17, 15) is 65.9 Å². The van der Waals surface area contributed by atoms with E-state index in [1.807, 2.05) is 0 Å². The van der Waals surface area contributed by atoms with Crippen LogP contribution >= 0.6 is 0 Å². The van der Waals surface area contributed by atoms with Gasteiger partial charge in [-0.2, -0.15) is 22.0 Å². The molecule has 0 fully saturated rings. The Balaban J connectivity index is 0.000000420. The zero-order valence-electron chi connectivity index (χ0n) is 15.6. The van der Waals surface area contributed by atoms with Gasteiger partial charge in [-0.3, -0.25) is 5.32 Å². The normalized spacial score (nSPS) is 12.0. The van der Waals surface area contributed by atoms with E-state index in [2.05, 4.69) is 0 Å². The lowest BCUT2D eigenvalue weighted by atomic mass is 10.0. The Morgan fingerprint density at radius 1 is 0.485 bits per heavy atom. The average molecular weight is 511 g/mol. The highest BCUT2D eigenvalue weighted by molar-refractivity contribution is 5.67. The first-order valence-corrected chi connectivity index (χ1v) is 8.15. The highest BCUT2D eigenvalue weighted by Crippen LogP contribution is 2.37. The van der Waals surface area contributed by atoms with E-state index in [0.29, 0.717) is 0 Å². The highest BCUT2D eigenvalue weighted by Gasteiger charge is 2.57. The van der Waals surface area contributed by atoms with E-state index < -0.39 is 81.5 Å². The molecule has 0 atom stereocenters. The van der Waals surface area contributed by atoms with E-state index in [4.69, 9.17) is 0 Å². The van der Waals surface area contributed by atoms with Crippen molar-refractivity contribution < 1.29 is 65.9 Å². The van der Waals surface area contributed by atoms with Crippen molar-refractivity contribution in [2.45, 2.75) is 25.6 Å². The maximum Gasteiger partial charge on any atom is 0.469 e. The van der Waals surface area contributed by atoms with Gasteiger partial charge in [-0.1, -0.05) is 6.92 Å². The number of rotatable bonds is 4. The summed E-state index contributed by atoms with van der Waals surface area (Å²) in [6, 6.07) is -4.76. The van der Waals surface area contributed by atoms with Crippen LogP contribution in [0.2, 0.25) is 0 Å². The molecule has 0 unspecified atom stereocenters. The topological polar surface area (TPSA) is 12.0 Å². The first-order chi connectivity index (χ1) is 14.9. The lowest BCUT2D eigenvalue weighted by molar-refractivity contribution is -0.295. The second kappa shape index (κ2) is 10.1. The summed E-state index contributed by atoms with van der Waals surface area (Å²) in [6.45, 7) is 1.14. The molecule has 2 rings (SSSR count). The van der Waals surface area contributed by atoms with Crippen molar-refractivity contribution >= 4 is 0 Å². The van der Waals surface area contributed by atoms with Crippen LogP contribution in [0.5, 0.6) is 0 Å². The fourth-order valence-electron chi connectivity index (χ4n) is 2.03.